The van der Waals surface area contributed by atoms with Gasteiger partial charge < -0.3 is 0 Å². The number of fused-ring (bicyclic) bond motifs is 2. The summed E-state index contributed by atoms with van der Waals surface area (Å²) in [7, 11) is 0. The third kappa shape index (κ3) is 2.33. The van der Waals surface area contributed by atoms with Crippen LogP contribution in [0.5, 0.6) is 0 Å². The zero-order valence-corrected chi connectivity index (χ0v) is 13.0. The van der Waals surface area contributed by atoms with E-state index in [4.69, 9.17) is 0 Å². The first-order chi connectivity index (χ1) is 8.24. The summed E-state index contributed by atoms with van der Waals surface area (Å²) in [4.78, 5) is 3.11. The highest BCUT2D eigenvalue weighted by molar-refractivity contribution is 9.10. The second kappa shape index (κ2) is 4.79. The Hall–Kier alpha value is -0.250. The molecule has 0 saturated carbocycles. The number of hydrogen-bond donors (Lipinski definition) is 0. The normalized spacial score (nSPS) is 18.1. The van der Waals surface area contributed by atoms with Crippen LogP contribution in [-0.4, -0.2) is 0 Å². The maximum atomic E-state index is 3.80. The summed E-state index contributed by atoms with van der Waals surface area (Å²) < 4.78 is 1.14. The molecule has 0 nitrogen and oxygen atoms in total. The lowest BCUT2D eigenvalue weighted by molar-refractivity contribution is 0.917. The van der Waals surface area contributed by atoms with Crippen molar-refractivity contribution in [3.05, 3.63) is 58.1 Å². The van der Waals surface area contributed by atoms with E-state index in [0.29, 0.717) is 4.83 Å². The smallest absolute Gasteiger partial charge is 0.0447 e. The Morgan fingerprint density at radius 1 is 1.06 bits per heavy atom. The fraction of sp³-hybridized carbons (Fsp3) is 0.143. The molecule has 2 aromatic rings. The van der Waals surface area contributed by atoms with Gasteiger partial charge in [-0.2, -0.15) is 0 Å². The van der Waals surface area contributed by atoms with Crippen molar-refractivity contribution in [1.29, 1.82) is 0 Å². The number of hydrogen-bond acceptors (Lipinski definition) is 1. The SMILES string of the molecule is Brc1ccc2c(c1)Sc1ccccc1CC2Br. The van der Waals surface area contributed by atoms with Crippen molar-refractivity contribution in [2.45, 2.75) is 21.0 Å². The summed E-state index contributed by atoms with van der Waals surface area (Å²) in [6, 6.07) is 15.2. The van der Waals surface area contributed by atoms with Crippen LogP contribution in [0.4, 0.5) is 0 Å². The van der Waals surface area contributed by atoms with Crippen LogP contribution in [0.3, 0.4) is 0 Å². The van der Waals surface area contributed by atoms with E-state index in [-0.39, 0.29) is 0 Å². The van der Waals surface area contributed by atoms with Crippen LogP contribution in [0.1, 0.15) is 16.0 Å². The van der Waals surface area contributed by atoms with E-state index in [9.17, 15) is 0 Å². The van der Waals surface area contributed by atoms with Gasteiger partial charge >= 0.3 is 0 Å². The van der Waals surface area contributed by atoms with E-state index >= 15 is 0 Å². The first-order valence-electron chi connectivity index (χ1n) is 5.43. The van der Waals surface area contributed by atoms with Gasteiger partial charge in [-0.05, 0) is 35.7 Å². The standard InChI is InChI=1S/C14H10Br2S/c15-10-5-6-11-12(16)7-9-3-1-2-4-13(9)17-14(11)8-10/h1-6,8,12H,7H2. The molecular weight excluding hydrogens is 360 g/mol. The molecule has 0 N–H and O–H groups in total. The topological polar surface area (TPSA) is 0 Å². The van der Waals surface area contributed by atoms with E-state index in [1.54, 1.807) is 0 Å². The molecule has 0 aliphatic carbocycles. The Balaban J connectivity index is 2.15. The molecule has 3 rings (SSSR count). The summed E-state index contributed by atoms with van der Waals surface area (Å²) >= 11 is 9.21. The molecule has 1 aliphatic rings. The van der Waals surface area contributed by atoms with Gasteiger partial charge in [0, 0.05) is 19.1 Å². The van der Waals surface area contributed by atoms with Crippen molar-refractivity contribution in [3.63, 3.8) is 0 Å². The molecule has 0 aromatic heterocycles. The summed E-state index contributed by atoms with van der Waals surface area (Å²) in [5, 5.41) is 0. The van der Waals surface area contributed by atoms with Crippen molar-refractivity contribution < 1.29 is 0 Å². The average Bonchev–Trinajstić information content (AvgIpc) is 2.44. The second-order valence-corrected chi connectivity index (χ2v) is 7.17. The van der Waals surface area contributed by atoms with Gasteiger partial charge in [0.25, 0.3) is 0 Å². The zero-order valence-electron chi connectivity index (χ0n) is 8.99. The maximum Gasteiger partial charge on any atom is 0.0447 e. The molecule has 1 heterocycles. The van der Waals surface area contributed by atoms with Gasteiger partial charge in [0.15, 0.2) is 0 Å². The summed E-state index contributed by atoms with van der Waals surface area (Å²) in [5.41, 5.74) is 2.81. The molecule has 2 aromatic carbocycles. The van der Waals surface area contributed by atoms with E-state index in [1.807, 2.05) is 11.8 Å². The van der Waals surface area contributed by atoms with Crippen molar-refractivity contribution >= 4 is 43.6 Å². The van der Waals surface area contributed by atoms with Crippen LogP contribution < -0.4 is 0 Å². The molecule has 0 amide bonds. The summed E-state index contributed by atoms with van der Waals surface area (Å²) in [6.45, 7) is 0. The Kier molecular flexibility index (Phi) is 3.33. The zero-order chi connectivity index (χ0) is 11.8. The Morgan fingerprint density at radius 2 is 1.88 bits per heavy atom. The van der Waals surface area contributed by atoms with Crippen molar-refractivity contribution in [2.75, 3.05) is 0 Å². The monoisotopic (exact) mass is 368 g/mol. The highest BCUT2D eigenvalue weighted by atomic mass is 79.9. The maximum absolute atomic E-state index is 3.80. The molecule has 86 valence electrons. The molecule has 0 fully saturated rings. The minimum absolute atomic E-state index is 0.404. The van der Waals surface area contributed by atoms with Crippen LogP contribution in [0.2, 0.25) is 0 Å². The van der Waals surface area contributed by atoms with Crippen LogP contribution in [-0.2, 0) is 6.42 Å². The van der Waals surface area contributed by atoms with Gasteiger partial charge in [-0.25, -0.2) is 0 Å². The van der Waals surface area contributed by atoms with Crippen LogP contribution >= 0.6 is 43.6 Å². The fourth-order valence-corrected chi connectivity index (χ4v) is 4.64. The van der Waals surface area contributed by atoms with Crippen LogP contribution in [0.15, 0.2) is 56.7 Å². The summed E-state index contributed by atoms with van der Waals surface area (Å²) in [6.07, 6.45) is 1.05. The first-order valence-corrected chi connectivity index (χ1v) is 7.96. The third-order valence-electron chi connectivity index (χ3n) is 2.90. The van der Waals surface area contributed by atoms with Crippen molar-refractivity contribution in [1.82, 2.24) is 0 Å². The van der Waals surface area contributed by atoms with Gasteiger partial charge in [0.05, 0.1) is 0 Å². The van der Waals surface area contributed by atoms with Gasteiger partial charge in [0.1, 0.15) is 0 Å². The van der Waals surface area contributed by atoms with Gasteiger partial charge in [0.2, 0.25) is 0 Å². The number of halogens is 2. The predicted octanol–water partition coefficient (Wildman–Crippen LogP) is 5.59. The third-order valence-corrected chi connectivity index (χ3v) is 5.41. The van der Waals surface area contributed by atoms with Gasteiger partial charge in [-0.3, -0.25) is 0 Å². The predicted molar refractivity (Wildman–Crippen MR) is 80.1 cm³/mol. The largest absolute Gasteiger partial charge is 0.0894 e. The average molecular weight is 370 g/mol. The second-order valence-electron chi connectivity index (χ2n) is 4.06. The van der Waals surface area contributed by atoms with E-state index in [2.05, 4.69) is 74.3 Å². The van der Waals surface area contributed by atoms with Crippen molar-refractivity contribution in [2.24, 2.45) is 0 Å². The lowest BCUT2D eigenvalue weighted by Gasteiger charge is -2.10. The molecule has 1 atom stereocenters. The molecule has 1 unspecified atom stereocenters. The van der Waals surface area contributed by atoms with Crippen molar-refractivity contribution in [3.8, 4) is 0 Å². The number of benzene rings is 2. The number of alkyl halides is 1. The highest BCUT2D eigenvalue weighted by Crippen LogP contribution is 2.44. The highest BCUT2D eigenvalue weighted by Gasteiger charge is 2.20. The molecule has 3 heteroatoms. The Labute approximate surface area is 122 Å². The van der Waals surface area contributed by atoms with Crippen LogP contribution in [0.25, 0.3) is 0 Å². The van der Waals surface area contributed by atoms with E-state index in [0.717, 1.165) is 10.9 Å². The van der Waals surface area contributed by atoms with E-state index in [1.165, 1.54) is 20.9 Å². The van der Waals surface area contributed by atoms with Gasteiger partial charge in [-0.1, -0.05) is 67.9 Å². The molecule has 1 aliphatic heterocycles. The molecule has 0 radical (unpaired) electrons. The fourth-order valence-electron chi connectivity index (χ4n) is 2.05. The molecule has 0 bridgehead atoms. The Morgan fingerprint density at radius 3 is 2.76 bits per heavy atom. The van der Waals surface area contributed by atoms with Crippen LogP contribution in [0, 0.1) is 0 Å². The summed E-state index contributed by atoms with van der Waals surface area (Å²) in [5.74, 6) is 0. The lowest BCUT2D eigenvalue weighted by Crippen LogP contribution is -1.94. The first kappa shape index (κ1) is 11.8. The number of rotatable bonds is 0. The Bertz CT molecular complexity index is 566. The molecule has 0 saturated heterocycles. The lowest BCUT2D eigenvalue weighted by atomic mass is 10.0. The molecule has 17 heavy (non-hydrogen) atoms. The quantitative estimate of drug-likeness (QED) is 0.545. The van der Waals surface area contributed by atoms with Gasteiger partial charge in [-0.15, -0.1) is 0 Å². The molecular formula is C14H10Br2S. The molecule has 0 spiro atoms. The minimum Gasteiger partial charge on any atom is -0.0894 e. The van der Waals surface area contributed by atoms with E-state index < -0.39 is 0 Å². The minimum atomic E-state index is 0.404.